The Bertz CT molecular complexity index is 1230. The van der Waals surface area contributed by atoms with E-state index in [1.54, 1.807) is 24.6 Å². The van der Waals surface area contributed by atoms with Gasteiger partial charge in [0.25, 0.3) is 5.56 Å². The standard InChI is InChI=1S/C20H21ClN6O2/c1-13(21)11-12-27-16-17(26(3)20(29)23-18(16)28)22-19(27)25-24-14(2)9-10-15-7-5-4-6-8-15/h4-11H,12H2,1-3H3,(H,22,25)(H,23,28,29)/b10-9+,13-11-,24-14-. The first-order valence-electron chi connectivity index (χ1n) is 8.92. The summed E-state index contributed by atoms with van der Waals surface area (Å²) in [5, 5.41) is 4.89. The lowest BCUT2D eigenvalue weighted by atomic mass is 10.2. The summed E-state index contributed by atoms with van der Waals surface area (Å²) in [7, 11) is 1.54. The van der Waals surface area contributed by atoms with Crippen molar-refractivity contribution in [2.45, 2.75) is 20.4 Å². The number of aryl methyl sites for hydroxylation is 1. The Morgan fingerprint density at radius 1 is 1.28 bits per heavy atom. The lowest BCUT2D eigenvalue weighted by Crippen LogP contribution is -2.29. The fourth-order valence-corrected chi connectivity index (χ4v) is 2.74. The van der Waals surface area contributed by atoms with Gasteiger partial charge in [-0.05, 0) is 25.5 Å². The van der Waals surface area contributed by atoms with Gasteiger partial charge in [0.2, 0.25) is 5.95 Å². The Hall–Kier alpha value is -3.39. The van der Waals surface area contributed by atoms with Crippen LogP contribution in [0.25, 0.3) is 17.2 Å². The second-order valence-electron chi connectivity index (χ2n) is 6.44. The Balaban J connectivity index is 1.98. The summed E-state index contributed by atoms with van der Waals surface area (Å²) in [5.41, 5.74) is 4.11. The summed E-state index contributed by atoms with van der Waals surface area (Å²) in [6.07, 6.45) is 5.54. The number of nitrogens with one attached hydrogen (secondary N) is 2. The molecule has 0 radical (unpaired) electrons. The van der Waals surface area contributed by atoms with Crippen molar-refractivity contribution in [2.24, 2.45) is 12.1 Å². The van der Waals surface area contributed by atoms with Gasteiger partial charge in [-0.2, -0.15) is 10.1 Å². The summed E-state index contributed by atoms with van der Waals surface area (Å²) >= 11 is 5.95. The normalized spacial score (nSPS) is 12.8. The molecule has 0 aliphatic heterocycles. The highest BCUT2D eigenvalue weighted by molar-refractivity contribution is 6.29. The molecule has 150 valence electrons. The number of rotatable bonds is 6. The lowest BCUT2D eigenvalue weighted by Gasteiger charge is -2.05. The molecule has 0 saturated carbocycles. The van der Waals surface area contributed by atoms with Crippen LogP contribution in [0.1, 0.15) is 19.4 Å². The number of hydrazone groups is 1. The summed E-state index contributed by atoms with van der Waals surface area (Å²) in [5.74, 6) is 0.327. The Morgan fingerprint density at radius 3 is 2.69 bits per heavy atom. The SMILES string of the molecule is C/C(Cl)=C/Cn1c(N/N=C(C)\C=C\c2ccccc2)nc2c1c(=O)[nH]c(=O)n2C. The Morgan fingerprint density at radius 2 is 2.00 bits per heavy atom. The van der Waals surface area contributed by atoms with E-state index < -0.39 is 11.2 Å². The van der Waals surface area contributed by atoms with E-state index in [4.69, 9.17) is 11.6 Å². The summed E-state index contributed by atoms with van der Waals surface area (Å²) in [4.78, 5) is 30.9. The third-order valence-corrected chi connectivity index (χ3v) is 4.37. The number of aromatic nitrogens is 4. The zero-order valence-corrected chi connectivity index (χ0v) is 17.1. The van der Waals surface area contributed by atoms with Crippen molar-refractivity contribution in [3.63, 3.8) is 0 Å². The number of anilines is 1. The van der Waals surface area contributed by atoms with Gasteiger partial charge in [-0.3, -0.25) is 18.9 Å². The molecule has 0 bridgehead atoms. The first-order chi connectivity index (χ1) is 13.9. The molecule has 0 aliphatic carbocycles. The maximum absolute atomic E-state index is 12.4. The molecule has 2 N–H and O–H groups in total. The van der Waals surface area contributed by atoms with Gasteiger partial charge >= 0.3 is 5.69 Å². The molecule has 2 heterocycles. The van der Waals surface area contributed by atoms with Gasteiger partial charge in [-0.25, -0.2) is 10.2 Å². The number of imidazole rings is 1. The van der Waals surface area contributed by atoms with Crippen molar-refractivity contribution in [1.82, 2.24) is 19.1 Å². The van der Waals surface area contributed by atoms with Crippen LogP contribution in [0, 0.1) is 0 Å². The number of H-pyrrole nitrogens is 1. The molecule has 3 rings (SSSR count). The molecule has 0 amide bonds. The number of aromatic amines is 1. The average Bonchev–Trinajstić information content (AvgIpc) is 3.07. The van der Waals surface area contributed by atoms with Crippen LogP contribution in [0.15, 0.2) is 62.2 Å². The molecule has 0 aliphatic rings. The number of hydrogen-bond acceptors (Lipinski definition) is 5. The van der Waals surface area contributed by atoms with Crippen LogP contribution in [0.2, 0.25) is 0 Å². The van der Waals surface area contributed by atoms with Gasteiger partial charge in [-0.1, -0.05) is 54.1 Å². The highest BCUT2D eigenvalue weighted by atomic mass is 35.5. The van der Waals surface area contributed by atoms with Crippen LogP contribution in [0.4, 0.5) is 5.95 Å². The van der Waals surface area contributed by atoms with E-state index in [0.29, 0.717) is 23.2 Å². The van der Waals surface area contributed by atoms with Gasteiger partial charge in [0, 0.05) is 18.6 Å². The predicted molar refractivity (Wildman–Crippen MR) is 117 cm³/mol. The van der Waals surface area contributed by atoms with Crippen molar-refractivity contribution in [1.29, 1.82) is 0 Å². The fourth-order valence-electron chi connectivity index (χ4n) is 2.67. The van der Waals surface area contributed by atoms with Crippen molar-refractivity contribution < 1.29 is 0 Å². The second-order valence-corrected chi connectivity index (χ2v) is 7.03. The third-order valence-electron chi connectivity index (χ3n) is 4.21. The smallest absolute Gasteiger partial charge is 0.299 e. The molecule has 1 aromatic carbocycles. The number of halogens is 1. The van der Waals surface area contributed by atoms with Crippen LogP contribution in [-0.2, 0) is 13.6 Å². The van der Waals surface area contributed by atoms with E-state index in [0.717, 1.165) is 5.56 Å². The second kappa shape index (κ2) is 8.74. The molecular weight excluding hydrogens is 392 g/mol. The average molecular weight is 413 g/mol. The number of benzene rings is 1. The molecule has 3 aromatic rings. The molecule has 29 heavy (non-hydrogen) atoms. The quantitative estimate of drug-likeness (QED) is 0.480. The molecule has 8 nitrogen and oxygen atoms in total. The summed E-state index contributed by atoms with van der Waals surface area (Å²) in [6, 6.07) is 9.85. The van der Waals surface area contributed by atoms with Gasteiger partial charge in [0.05, 0.1) is 5.71 Å². The molecule has 0 fully saturated rings. The number of fused-ring (bicyclic) bond motifs is 1. The molecule has 0 saturated heterocycles. The monoisotopic (exact) mass is 412 g/mol. The number of hydrogen-bond donors (Lipinski definition) is 2. The maximum atomic E-state index is 12.4. The van der Waals surface area contributed by atoms with Gasteiger partial charge in [-0.15, -0.1) is 0 Å². The van der Waals surface area contributed by atoms with E-state index in [2.05, 4.69) is 20.5 Å². The van der Waals surface area contributed by atoms with Crippen molar-refractivity contribution in [2.75, 3.05) is 5.43 Å². The van der Waals surface area contributed by atoms with Crippen molar-refractivity contribution in [3.05, 3.63) is 73.9 Å². The molecule has 0 atom stereocenters. The number of nitrogens with zero attached hydrogens (tertiary/aromatic N) is 4. The van der Waals surface area contributed by atoms with E-state index in [1.165, 1.54) is 4.57 Å². The van der Waals surface area contributed by atoms with Crippen LogP contribution >= 0.6 is 11.6 Å². The molecule has 0 unspecified atom stereocenters. The summed E-state index contributed by atoms with van der Waals surface area (Å²) in [6.45, 7) is 3.87. The predicted octanol–water partition coefficient (Wildman–Crippen LogP) is 3.07. The van der Waals surface area contributed by atoms with E-state index >= 15 is 0 Å². The van der Waals surface area contributed by atoms with Gasteiger partial charge in [0.15, 0.2) is 11.2 Å². The number of allylic oxidation sites excluding steroid dienone is 3. The van der Waals surface area contributed by atoms with Crippen LogP contribution in [-0.4, -0.2) is 24.8 Å². The first kappa shape index (κ1) is 20.3. The molecule has 0 spiro atoms. The largest absolute Gasteiger partial charge is 0.329 e. The summed E-state index contributed by atoms with van der Waals surface area (Å²) < 4.78 is 2.90. The topological polar surface area (TPSA) is 97.1 Å². The van der Waals surface area contributed by atoms with Gasteiger partial charge < -0.3 is 0 Å². The zero-order chi connectivity index (χ0) is 21.0. The fraction of sp³-hybridized carbons (Fsp3) is 0.200. The third kappa shape index (κ3) is 4.72. The minimum absolute atomic E-state index is 0.259. The zero-order valence-electron chi connectivity index (χ0n) is 16.3. The van der Waals surface area contributed by atoms with Crippen molar-refractivity contribution in [3.8, 4) is 0 Å². The van der Waals surface area contributed by atoms with Gasteiger partial charge in [0.1, 0.15) is 0 Å². The first-order valence-corrected chi connectivity index (χ1v) is 9.30. The maximum Gasteiger partial charge on any atom is 0.329 e. The van der Waals surface area contributed by atoms with Crippen LogP contribution < -0.4 is 16.7 Å². The lowest BCUT2D eigenvalue weighted by molar-refractivity contribution is 0.818. The Labute approximate surface area is 171 Å². The van der Waals surface area contributed by atoms with Crippen molar-refractivity contribution >= 4 is 40.5 Å². The minimum atomic E-state index is -0.534. The molecule has 2 aromatic heterocycles. The van der Waals surface area contributed by atoms with E-state index in [-0.39, 0.29) is 11.2 Å². The van der Waals surface area contributed by atoms with Crippen LogP contribution in [0.5, 0.6) is 0 Å². The molecule has 9 heteroatoms. The molecular formula is C20H21ClN6O2. The highest BCUT2D eigenvalue weighted by Gasteiger charge is 2.16. The Kier molecular flexibility index (Phi) is 6.13. The van der Waals surface area contributed by atoms with Crippen LogP contribution in [0.3, 0.4) is 0 Å². The van der Waals surface area contributed by atoms with E-state index in [9.17, 15) is 9.59 Å². The highest BCUT2D eigenvalue weighted by Crippen LogP contribution is 2.16. The minimum Gasteiger partial charge on any atom is -0.299 e. The van der Waals surface area contributed by atoms with E-state index in [1.807, 2.05) is 49.4 Å².